The average molecular weight is 381 g/mol. The number of rotatable bonds is 4. The molecule has 0 fully saturated rings. The molecule has 0 aliphatic heterocycles. The number of hydrogen-bond acceptors (Lipinski definition) is 4. The van der Waals surface area contributed by atoms with Crippen LogP contribution in [0, 0.1) is 18.6 Å². The third kappa shape index (κ3) is 3.25. The van der Waals surface area contributed by atoms with E-state index in [1.54, 1.807) is 0 Å². The van der Waals surface area contributed by atoms with Gasteiger partial charge in [-0.25, -0.2) is 17.2 Å². The molecule has 2 aromatic rings. The summed E-state index contributed by atoms with van der Waals surface area (Å²) in [5.74, 6) is -1.36. The van der Waals surface area contributed by atoms with Crippen LogP contribution < -0.4 is 10.5 Å². The van der Waals surface area contributed by atoms with Crippen molar-refractivity contribution in [2.24, 2.45) is 5.73 Å². The highest BCUT2D eigenvalue weighted by Gasteiger charge is 2.24. The molecule has 1 heterocycles. The number of sulfonamides is 1. The largest absolute Gasteiger partial charge is 0.452 e. The van der Waals surface area contributed by atoms with Gasteiger partial charge in [-0.05, 0) is 34.5 Å². The predicted octanol–water partition coefficient (Wildman–Crippen LogP) is 2.89. The molecule has 0 saturated heterocycles. The van der Waals surface area contributed by atoms with Crippen molar-refractivity contribution in [2.45, 2.75) is 18.4 Å². The zero-order valence-corrected chi connectivity index (χ0v) is 13.2. The normalized spacial score (nSPS) is 11.7. The van der Waals surface area contributed by atoms with Crippen LogP contribution in [0.15, 0.2) is 32.2 Å². The summed E-state index contributed by atoms with van der Waals surface area (Å²) in [5.41, 5.74) is 4.94. The Kier molecular flexibility index (Phi) is 4.35. The van der Waals surface area contributed by atoms with E-state index in [2.05, 4.69) is 15.9 Å². The molecular formula is C12H11BrF2N2O3S. The first-order chi connectivity index (χ1) is 9.74. The second-order valence-corrected chi connectivity index (χ2v) is 6.61. The third-order valence-electron chi connectivity index (χ3n) is 2.69. The summed E-state index contributed by atoms with van der Waals surface area (Å²) in [6.45, 7) is 1.37. The molecule has 0 aliphatic carbocycles. The summed E-state index contributed by atoms with van der Waals surface area (Å²) in [7, 11) is -4.14. The van der Waals surface area contributed by atoms with Crippen molar-refractivity contribution in [3.05, 3.63) is 45.8 Å². The van der Waals surface area contributed by atoms with Crippen molar-refractivity contribution in [2.75, 3.05) is 4.72 Å². The number of nitrogens with two attached hydrogens (primary N) is 1. The van der Waals surface area contributed by atoms with E-state index in [1.807, 2.05) is 4.72 Å². The summed E-state index contributed by atoms with van der Waals surface area (Å²) in [5, 5.41) is 0. The maximum absolute atomic E-state index is 13.7. The fourth-order valence-electron chi connectivity index (χ4n) is 1.61. The van der Waals surface area contributed by atoms with E-state index in [0.717, 1.165) is 12.1 Å². The van der Waals surface area contributed by atoms with Crippen LogP contribution in [0.4, 0.5) is 14.5 Å². The molecule has 21 heavy (non-hydrogen) atoms. The Morgan fingerprint density at radius 3 is 2.52 bits per heavy atom. The molecule has 1 aromatic heterocycles. The fraction of sp³-hybridized carbons (Fsp3) is 0.167. The number of hydrogen-bond donors (Lipinski definition) is 2. The number of anilines is 1. The van der Waals surface area contributed by atoms with E-state index in [0.29, 0.717) is 0 Å². The maximum Gasteiger partial charge on any atom is 0.266 e. The molecule has 5 nitrogen and oxygen atoms in total. The smallest absolute Gasteiger partial charge is 0.266 e. The van der Waals surface area contributed by atoms with Crippen LogP contribution >= 0.6 is 15.9 Å². The molecule has 2 rings (SSSR count). The lowest BCUT2D eigenvalue weighted by Gasteiger charge is -2.09. The maximum atomic E-state index is 13.7. The number of furan rings is 1. The summed E-state index contributed by atoms with van der Waals surface area (Å²) in [4.78, 5) is -0.247. The Labute approximate surface area is 128 Å². The Morgan fingerprint density at radius 2 is 1.95 bits per heavy atom. The highest BCUT2D eigenvalue weighted by molar-refractivity contribution is 9.10. The van der Waals surface area contributed by atoms with Gasteiger partial charge < -0.3 is 10.2 Å². The second kappa shape index (κ2) is 5.74. The molecule has 0 radical (unpaired) electrons. The second-order valence-electron chi connectivity index (χ2n) is 4.24. The fourth-order valence-corrected chi connectivity index (χ4v) is 3.66. The number of aryl methyl sites for hydroxylation is 1. The van der Waals surface area contributed by atoms with Crippen LogP contribution in [-0.4, -0.2) is 8.42 Å². The summed E-state index contributed by atoms with van der Waals surface area (Å²) >= 11 is 2.94. The Bertz CT molecular complexity index is 790. The lowest BCUT2D eigenvalue weighted by atomic mass is 10.2. The van der Waals surface area contributed by atoms with Crippen molar-refractivity contribution >= 4 is 31.6 Å². The number of nitrogens with one attached hydrogen (secondary N) is 1. The lowest BCUT2D eigenvalue weighted by molar-refractivity contribution is 0.484. The van der Waals surface area contributed by atoms with Crippen molar-refractivity contribution < 1.29 is 21.6 Å². The van der Waals surface area contributed by atoms with Gasteiger partial charge in [0.05, 0.1) is 12.2 Å². The van der Waals surface area contributed by atoms with E-state index in [1.165, 1.54) is 13.0 Å². The van der Waals surface area contributed by atoms with Gasteiger partial charge in [0, 0.05) is 12.1 Å². The molecule has 3 N–H and O–H groups in total. The highest BCUT2D eigenvalue weighted by atomic mass is 79.9. The molecule has 1 aromatic carbocycles. The number of halogens is 3. The minimum absolute atomic E-state index is 0.00163. The number of benzene rings is 1. The molecule has 0 unspecified atom stereocenters. The van der Waals surface area contributed by atoms with Crippen molar-refractivity contribution in [3.63, 3.8) is 0 Å². The molecule has 0 aliphatic rings. The molecule has 9 heteroatoms. The van der Waals surface area contributed by atoms with Crippen LogP contribution in [0.25, 0.3) is 0 Å². The third-order valence-corrected chi connectivity index (χ3v) is 4.91. The Hall–Kier alpha value is -1.45. The van der Waals surface area contributed by atoms with E-state index in [4.69, 9.17) is 10.2 Å². The minimum atomic E-state index is -4.14. The zero-order valence-electron chi connectivity index (χ0n) is 10.8. The Balaban J connectivity index is 2.42. The molecule has 0 amide bonds. The van der Waals surface area contributed by atoms with Gasteiger partial charge in [0.25, 0.3) is 10.0 Å². The van der Waals surface area contributed by atoms with Crippen molar-refractivity contribution in [3.8, 4) is 0 Å². The first-order valence-electron chi connectivity index (χ1n) is 5.71. The molecule has 114 valence electrons. The average Bonchev–Trinajstić information content (AvgIpc) is 2.78. The SMILES string of the molecule is Cc1cc(F)c(NS(=O)(=O)c2cc(CN)oc2Br)cc1F. The van der Waals surface area contributed by atoms with Crippen LogP contribution in [-0.2, 0) is 16.6 Å². The van der Waals surface area contributed by atoms with Gasteiger partial charge in [-0.2, -0.15) is 0 Å². The van der Waals surface area contributed by atoms with E-state index >= 15 is 0 Å². The van der Waals surface area contributed by atoms with Crippen LogP contribution in [0.5, 0.6) is 0 Å². The molecule has 0 saturated carbocycles. The van der Waals surface area contributed by atoms with Crippen LogP contribution in [0.1, 0.15) is 11.3 Å². The standard InChI is InChI=1S/C12H11BrF2N2O3S/c1-6-2-9(15)10(4-8(6)14)17-21(18,19)11-3-7(5-16)20-12(11)13/h2-4,17H,5,16H2,1H3. The van der Waals surface area contributed by atoms with Gasteiger partial charge in [-0.3, -0.25) is 4.72 Å². The van der Waals surface area contributed by atoms with Crippen molar-refractivity contribution in [1.29, 1.82) is 0 Å². The first kappa shape index (κ1) is 15.9. The van der Waals surface area contributed by atoms with E-state index < -0.39 is 27.3 Å². The van der Waals surface area contributed by atoms with E-state index in [-0.39, 0.29) is 27.4 Å². The zero-order chi connectivity index (χ0) is 15.8. The monoisotopic (exact) mass is 380 g/mol. The minimum Gasteiger partial charge on any atom is -0.452 e. The predicted molar refractivity (Wildman–Crippen MR) is 76.2 cm³/mol. The molecule has 0 spiro atoms. The van der Waals surface area contributed by atoms with Gasteiger partial charge in [-0.1, -0.05) is 0 Å². The Morgan fingerprint density at radius 1 is 1.29 bits per heavy atom. The lowest BCUT2D eigenvalue weighted by Crippen LogP contribution is -2.14. The van der Waals surface area contributed by atoms with Gasteiger partial charge in [-0.15, -0.1) is 0 Å². The topological polar surface area (TPSA) is 85.3 Å². The molecule has 0 atom stereocenters. The first-order valence-corrected chi connectivity index (χ1v) is 7.99. The molecular weight excluding hydrogens is 370 g/mol. The van der Waals surface area contributed by atoms with Crippen molar-refractivity contribution in [1.82, 2.24) is 0 Å². The molecule has 0 bridgehead atoms. The van der Waals surface area contributed by atoms with Gasteiger partial charge >= 0.3 is 0 Å². The quantitative estimate of drug-likeness (QED) is 0.853. The summed E-state index contributed by atoms with van der Waals surface area (Å²) < 4.78 is 58.4. The van der Waals surface area contributed by atoms with Gasteiger partial charge in [0.2, 0.25) is 0 Å². The van der Waals surface area contributed by atoms with E-state index in [9.17, 15) is 17.2 Å². The highest BCUT2D eigenvalue weighted by Crippen LogP contribution is 2.29. The van der Waals surface area contributed by atoms with Gasteiger partial charge in [0.15, 0.2) is 4.67 Å². The van der Waals surface area contributed by atoms with Crippen LogP contribution in [0.2, 0.25) is 0 Å². The van der Waals surface area contributed by atoms with Gasteiger partial charge in [0.1, 0.15) is 22.3 Å². The van der Waals surface area contributed by atoms with Crippen LogP contribution in [0.3, 0.4) is 0 Å². The summed E-state index contributed by atoms with van der Waals surface area (Å²) in [6.07, 6.45) is 0. The summed E-state index contributed by atoms with van der Waals surface area (Å²) in [6, 6.07) is 2.89.